The van der Waals surface area contributed by atoms with Gasteiger partial charge in [-0.1, -0.05) is 0 Å². The third kappa shape index (κ3) is 2.03. The Bertz CT molecular complexity index is 166. The van der Waals surface area contributed by atoms with Gasteiger partial charge in [-0.05, 0) is 32.1 Å². The van der Waals surface area contributed by atoms with Crippen LogP contribution < -0.4 is 0 Å². The van der Waals surface area contributed by atoms with Gasteiger partial charge >= 0.3 is 0 Å². The molecule has 1 saturated carbocycles. The maximum atomic E-state index is 9.70. The van der Waals surface area contributed by atoms with Gasteiger partial charge in [0.2, 0.25) is 0 Å². The number of aliphatic hydroxyl groups excluding tert-OH is 2. The SMILES string of the molecule is OC1CCN([C@@H]2CCC[C@H]2O)CC1. The van der Waals surface area contributed by atoms with Crippen LogP contribution in [0.2, 0.25) is 0 Å². The Balaban J connectivity index is 1.86. The molecule has 2 rings (SSSR count). The van der Waals surface area contributed by atoms with Gasteiger partial charge in [-0.25, -0.2) is 0 Å². The monoisotopic (exact) mass is 185 g/mol. The molecule has 1 saturated heterocycles. The number of rotatable bonds is 1. The molecule has 1 heterocycles. The van der Waals surface area contributed by atoms with Gasteiger partial charge in [-0.2, -0.15) is 0 Å². The molecule has 0 aromatic rings. The van der Waals surface area contributed by atoms with Crippen LogP contribution in [0, 0.1) is 0 Å². The molecule has 1 aliphatic carbocycles. The lowest BCUT2D eigenvalue weighted by Gasteiger charge is -2.35. The topological polar surface area (TPSA) is 43.7 Å². The Morgan fingerprint density at radius 3 is 2.15 bits per heavy atom. The van der Waals surface area contributed by atoms with Crippen LogP contribution in [0.1, 0.15) is 32.1 Å². The average Bonchev–Trinajstić information content (AvgIpc) is 2.53. The van der Waals surface area contributed by atoms with Gasteiger partial charge < -0.3 is 10.2 Å². The van der Waals surface area contributed by atoms with Crippen LogP contribution in [0.4, 0.5) is 0 Å². The zero-order chi connectivity index (χ0) is 9.26. The largest absolute Gasteiger partial charge is 0.393 e. The number of aliphatic hydroxyl groups is 2. The molecule has 0 aromatic heterocycles. The number of hydrogen-bond acceptors (Lipinski definition) is 3. The molecule has 0 radical (unpaired) electrons. The van der Waals surface area contributed by atoms with Crippen molar-refractivity contribution in [3.63, 3.8) is 0 Å². The predicted molar refractivity (Wildman–Crippen MR) is 50.5 cm³/mol. The van der Waals surface area contributed by atoms with E-state index in [1.165, 1.54) is 0 Å². The quantitative estimate of drug-likeness (QED) is 0.620. The minimum atomic E-state index is -0.116. The van der Waals surface area contributed by atoms with Crippen molar-refractivity contribution in [2.45, 2.75) is 50.4 Å². The van der Waals surface area contributed by atoms with E-state index >= 15 is 0 Å². The second-order valence-electron chi connectivity index (χ2n) is 4.33. The van der Waals surface area contributed by atoms with Crippen molar-refractivity contribution < 1.29 is 10.2 Å². The van der Waals surface area contributed by atoms with Gasteiger partial charge in [0.25, 0.3) is 0 Å². The molecule has 2 fully saturated rings. The van der Waals surface area contributed by atoms with Gasteiger partial charge in [0.15, 0.2) is 0 Å². The summed E-state index contributed by atoms with van der Waals surface area (Å²) in [6.45, 7) is 1.92. The Morgan fingerprint density at radius 1 is 0.923 bits per heavy atom. The summed E-state index contributed by atoms with van der Waals surface area (Å²) in [5.41, 5.74) is 0. The highest BCUT2D eigenvalue weighted by molar-refractivity contribution is 4.87. The molecule has 0 spiro atoms. The van der Waals surface area contributed by atoms with Gasteiger partial charge in [-0.15, -0.1) is 0 Å². The van der Waals surface area contributed by atoms with Crippen molar-refractivity contribution in [1.82, 2.24) is 4.90 Å². The summed E-state index contributed by atoms with van der Waals surface area (Å²) in [6, 6.07) is 0.382. The Hall–Kier alpha value is -0.120. The van der Waals surface area contributed by atoms with E-state index in [4.69, 9.17) is 0 Å². The molecular formula is C10H19NO2. The van der Waals surface area contributed by atoms with Gasteiger partial charge in [0.05, 0.1) is 12.2 Å². The van der Waals surface area contributed by atoms with E-state index in [0.717, 1.165) is 45.2 Å². The van der Waals surface area contributed by atoms with Crippen LogP contribution in [0.25, 0.3) is 0 Å². The average molecular weight is 185 g/mol. The van der Waals surface area contributed by atoms with E-state index in [1.807, 2.05) is 0 Å². The summed E-state index contributed by atoms with van der Waals surface area (Å²) >= 11 is 0. The van der Waals surface area contributed by atoms with E-state index in [9.17, 15) is 10.2 Å². The maximum absolute atomic E-state index is 9.70. The molecule has 0 amide bonds. The summed E-state index contributed by atoms with van der Waals surface area (Å²) in [4.78, 5) is 2.35. The lowest BCUT2D eigenvalue weighted by atomic mass is 10.0. The molecule has 1 aliphatic heterocycles. The Kier molecular flexibility index (Phi) is 2.86. The lowest BCUT2D eigenvalue weighted by Crippen LogP contribution is -2.46. The minimum absolute atomic E-state index is 0.102. The van der Waals surface area contributed by atoms with Gasteiger partial charge in [0.1, 0.15) is 0 Å². The first-order chi connectivity index (χ1) is 6.27. The Labute approximate surface area is 79.4 Å². The summed E-state index contributed by atoms with van der Waals surface area (Å²) in [7, 11) is 0. The third-order valence-electron chi connectivity index (χ3n) is 3.41. The fourth-order valence-electron chi connectivity index (χ4n) is 2.56. The van der Waals surface area contributed by atoms with Crippen molar-refractivity contribution in [3.05, 3.63) is 0 Å². The predicted octanol–water partition coefficient (Wildman–Crippen LogP) is 0.356. The zero-order valence-electron chi connectivity index (χ0n) is 8.02. The summed E-state index contributed by atoms with van der Waals surface area (Å²) < 4.78 is 0. The Morgan fingerprint density at radius 2 is 1.62 bits per heavy atom. The van der Waals surface area contributed by atoms with Crippen LogP contribution in [0.3, 0.4) is 0 Å². The van der Waals surface area contributed by atoms with Crippen LogP contribution in [0.5, 0.6) is 0 Å². The standard InChI is InChI=1S/C10H19NO2/c12-8-4-6-11(7-5-8)9-2-1-3-10(9)13/h8-10,12-13H,1-7H2/t9-,10-/m1/s1. The molecule has 3 nitrogen and oxygen atoms in total. The van der Waals surface area contributed by atoms with Gasteiger partial charge in [-0.3, -0.25) is 4.90 Å². The van der Waals surface area contributed by atoms with Crippen LogP contribution in [0.15, 0.2) is 0 Å². The van der Waals surface area contributed by atoms with E-state index in [1.54, 1.807) is 0 Å². The van der Waals surface area contributed by atoms with E-state index in [0.29, 0.717) is 6.04 Å². The van der Waals surface area contributed by atoms with Crippen molar-refractivity contribution >= 4 is 0 Å². The molecule has 0 aromatic carbocycles. The molecule has 76 valence electrons. The molecule has 13 heavy (non-hydrogen) atoms. The van der Waals surface area contributed by atoms with Crippen LogP contribution in [-0.2, 0) is 0 Å². The fraction of sp³-hybridized carbons (Fsp3) is 1.00. The van der Waals surface area contributed by atoms with Crippen LogP contribution in [-0.4, -0.2) is 46.5 Å². The van der Waals surface area contributed by atoms with Crippen molar-refractivity contribution in [2.24, 2.45) is 0 Å². The van der Waals surface area contributed by atoms with E-state index in [-0.39, 0.29) is 12.2 Å². The van der Waals surface area contributed by atoms with Crippen molar-refractivity contribution in [3.8, 4) is 0 Å². The maximum Gasteiger partial charge on any atom is 0.0695 e. The first-order valence-corrected chi connectivity index (χ1v) is 5.37. The molecule has 2 N–H and O–H groups in total. The number of likely N-dealkylation sites (tertiary alicyclic amines) is 1. The molecule has 2 atom stereocenters. The van der Waals surface area contributed by atoms with E-state index < -0.39 is 0 Å². The summed E-state index contributed by atoms with van der Waals surface area (Å²) in [5.74, 6) is 0. The van der Waals surface area contributed by atoms with Gasteiger partial charge in [0, 0.05) is 19.1 Å². The molecule has 0 bridgehead atoms. The number of nitrogens with zero attached hydrogens (tertiary/aromatic N) is 1. The summed E-state index contributed by atoms with van der Waals surface area (Å²) in [6.07, 6.45) is 4.79. The first-order valence-electron chi connectivity index (χ1n) is 5.37. The molecule has 0 unspecified atom stereocenters. The van der Waals surface area contributed by atoms with Crippen molar-refractivity contribution in [1.29, 1.82) is 0 Å². The normalized spacial score (nSPS) is 38.3. The van der Waals surface area contributed by atoms with Crippen LogP contribution >= 0.6 is 0 Å². The highest BCUT2D eigenvalue weighted by atomic mass is 16.3. The minimum Gasteiger partial charge on any atom is -0.393 e. The highest BCUT2D eigenvalue weighted by Gasteiger charge is 2.32. The zero-order valence-corrected chi connectivity index (χ0v) is 8.02. The molecular weight excluding hydrogens is 166 g/mol. The highest BCUT2D eigenvalue weighted by Crippen LogP contribution is 2.26. The molecule has 3 heteroatoms. The van der Waals surface area contributed by atoms with Crippen molar-refractivity contribution in [2.75, 3.05) is 13.1 Å². The van der Waals surface area contributed by atoms with E-state index in [2.05, 4.69) is 4.90 Å². The second-order valence-corrected chi connectivity index (χ2v) is 4.33. The number of hydrogen-bond donors (Lipinski definition) is 2. The smallest absolute Gasteiger partial charge is 0.0695 e. The first kappa shape index (κ1) is 9.44. The third-order valence-corrected chi connectivity index (χ3v) is 3.41. The fourth-order valence-corrected chi connectivity index (χ4v) is 2.56. The second kappa shape index (κ2) is 3.95. The lowest BCUT2D eigenvalue weighted by molar-refractivity contribution is 0.0212. The summed E-state index contributed by atoms with van der Waals surface area (Å²) in [5, 5.41) is 19.0. The number of piperidine rings is 1. The molecule has 2 aliphatic rings.